The molecule has 1 heterocycles. The molecule has 8 N–H and O–H groups in total. The lowest BCUT2D eigenvalue weighted by atomic mass is 10.1. The van der Waals surface area contributed by atoms with Crippen molar-refractivity contribution in [2.24, 2.45) is 11.7 Å². The second-order valence-corrected chi connectivity index (χ2v) is 11.9. The minimum absolute atomic E-state index is 0.00971. The third kappa shape index (κ3) is 13.6. The van der Waals surface area contributed by atoms with Crippen LogP contribution in [-0.4, -0.2) is 110 Å². The van der Waals surface area contributed by atoms with Gasteiger partial charge in [0.2, 0.25) is 47.3 Å². The molecule has 0 spiro atoms. The van der Waals surface area contributed by atoms with Gasteiger partial charge in [-0.1, -0.05) is 36.8 Å². The molecule has 1 saturated heterocycles. The Labute approximate surface area is 284 Å². The zero-order chi connectivity index (χ0) is 35.8. The van der Waals surface area contributed by atoms with Crippen LogP contribution >= 0.6 is 0 Å². The molecule has 3 rings (SSSR count). The molecule has 268 valence electrons. The standard InChI is InChI=1S/C32H46N8O9/c1-34-31(47)29(21-11-12-21)49-19-38-26(43)17-37-30(46)23(14-20-8-4-2-5-9-20)39-27(44)18-36-25(42)16-35-24(41)10-6-3-7-13-40-28(45)15-22(33)32(40)48/h2,4-5,8-9,21-23,29H,3,6-7,10-19,33H2,1H3,(H,34,47)(H,35,41)(H,36,42)(H,37,46)(H,38,43)(H,39,44). The quantitative estimate of drug-likeness (QED) is 0.0401. The molecule has 2 aliphatic rings. The van der Waals surface area contributed by atoms with E-state index in [1.54, 1.807) is 30.3 Å². The SMILES string of the molecule is CNC(=O)C(OCNC(=O)CNC(=O)C(Cc1ccccc1)NC(=O)CNC(=O)CNC(=O)CCCCCN1C(=O)CC(N)C1=O)C1CC1. The number of rotatable bonds is 21. The van der Waals surface area contributed by atoms with E-state index in [4.69, 9.17) is 10.5 Å². The highest BCUT2D eigenvalue weighted by molar-refractivity contribution is 6.05. The molecule has 0 aromatic heterocycles. The average Bonchev–Trinajstić information content (AvgIpc) is 3.90. The van der Waals surface area contributed by atoms with E-state index < -0.39 is 54.9 Å². The highest BCUT2D eigenvalue weighted by Crippen LogP contribution is 2.34. The van der Waals surface area contributed by atoms with Gasteiger partial charge in [0, 0.05) is 26.4 Å². The number of amides is 8. The van der Waals surface area contributed by atoms with Crippen LogP contribution in [0.2, 0.25) is 0 Å². The van der Waals surface area contributed by atoms with Gasteiger partial charge >= 0.3 is 0 Å². The van der Waals surface area contributed by atoms with Crippen LogP contribution in [0.3, 0.4) is 0 Å². The molecule has 3 atom stereocenters. The first-order valence-electron chi connectivity index (χ1n) is 16.3. The highest BCUT2D eigenvalue weighted by atomic mass is 16.5. The van der Waals surface area contributed by atoms with Gasteiger partial charge in [0.1, 0.15) is 18.9 Å². The zero-order valence-electron chi connectivity index (χ0n) is 27.6. The van der Waals surface area contributed by atoms with Gasteiger partial charge in [0.15, 0.2) is 0 Å². The summed E-state index contributed by atoms with van der Waals surface area (Å²) in [4.78, 5) is 99.0. The monoisotopic (exact) mass is 686 g/mol. The second-order valence-electron chi connectivity index (χ2n) is 11.9. The highest BCUT2D eigenvalue weighted by Gasteiger charge is 2.37. The first-order chi connectivity index (χ1) is 23.5. The molecule has 0 radical (unpaired) electrons. The van der Waals surface area contributed by atoms with Gasteiger partial charge in [-0.2, -0.15) is 0 Å². The van der Waals surface area contributed by atoms with Gasteiger partial charge in [-0.25, -0.2) is 0 Å². The van der Waals surface area contributed by atoms with E-state index in [0.29, 0.717) is 19.3 Å². The minimum atomic E-state index is -1.07. The van der Waals surface area contributed by atoms with Gasteiger partial charge < -0.3 is 42.4 Å². The van der Waals surface area contributed by atoms with Crippen LogP contribution in [0, 0.1) is 5.92 Å². The van der Waals surface area contributed by atoms with Crippen LogP contribution < -0.4 is 37.6 Å². The number of carbonyl (C=O) groups excluding carboxylic acids is 8. The van der Waals surface area contributed by atoms with Crippen LogP contribution in [0.1, 0.15) is 50.5 Å². The summed E-state index contributed by atoms with van der Waals surface area (Å²) in [5, 5.41) is 14.9. The number of likely N-dealkylation sites (tertiary alicyclic amines) is 1. The number of nitrogens with one attached hydrogen (secondary N) is 6. The number of hydrogen-bond donors (Lipinski definition) is 7. The summed E-state index contributed by atoms with van der Waals surface area (Å²) >= 11 is 0. The molecule has 1 aromatic rings. The summed E-state index contributed by atoms with van der Waals surface area (Å²) in [6.07, 6.45) is 2.92. The summed E-state index contributed by atoms with van der Waals surface area (Å²) in [5.74, 6) is -3.68. The fraction of sp³-hybridized carbons (Fsp3) is 0.562. The van der Waals surface area contributed by atoms with Crippen molar-refractivity contribution < 1.29 is 43.1 Å². The number of nitrogens with two attached hydrogens (primary N) is 1. The lowest BCUT2D eigenvalue weighted by molar-refractivity contribution is -0.139. The van der Waals surface area contributed by atoms with Crippen LogP contribution in [0.4, 0.5) is 0 Å². The number of imide groups is 1. The number of unbranched alkanes of at least 4 members (excludes halogenated alkanes) is 2. The molecule has 1 aromatic carbocycles. The number of hydrogen-bond acceptors (Lipinski definition) is 10. The van der Waals surface area contributed by atoms with Gasteiger partial charge in [0.25, 0.3) is 0 Å². The van der Waals surface area contributed by atoms with Gasteiger partial charge in [-0.15, -0.1) is 0 Å². The molecule has 17 heteroatoms. The Hall–Kier alpha value is -4.90. The third-order valence-corrected chi connectivity index (χ3v) is 7.90. The molecule has 1 saturated carbocycles. The molecule has 17 nitrogen and oxygen atoms in total. The Morgan fingerprint density at radius 2 is 1.49 bits per heavy atom. The molecule has 1 aliphatic heterocycles. The summed E-state index contributed by atoms with van der Waals surface area (Å²) in [7, 11) is 1.51. The Morgan fingerprint density at radius 3 is 2.14 bits per heavy atom. The Kier molecular flexibility index (Phi) is 15.6. The van der Waals surface area contributed by atoms with E-state index in [2.05, 4.69) is 31.9 Å². The molecule has 1 aliphatic carbocycles. The van der Waals surface area contributed by atoms with Crippen molar-refractivity contribution in [2.45, 2.75) is 69.6 Å². The normalized spacial score (nSPS) is 16.7. The Balaban J connectivity index is 1.34. The molecule has 0 bridgehead atoms. The maximum atomic E-state index is 13.0. The molecular formula is C32H46N8O9. The van der Waals surface area contributed by atoms with Crippen LogP contribution in [-0.2, 0) is 49.5 Å². The average molecular weight is 687 g/mol. The molecule has 3 unspecified atom stereocenters. The van der Waals surface area contributed by atoms with Crippen molar-refractivity contribution in [1.29, 1.82) is 0 Å². The van der Waals surface area contributed by atoms with Crippen molar-refractivity contribution in [3.8, 4) is 0 Å². The van der Waals surface area contributed by atoms with Crippen LogP contribution in [0.5, 0.6) is 0 Å². The van der Waals surface area contributed by atoms with Gasteiger partial charge in [0.05, 0.1) is 32.1 Å². The molecule has 49 heavy (non-hydrogen) atoms. The van der Waals surface area contributed by atoms with Crippen molar-refractivity contribution in [1.82, 2.24) is 36.8 Å². The molecular weight excluding hydrogens is 640 g/mol. The molecule has 2 fully saturated rings. The largest absolute Gasteiger partial charge is 0.357 e. The predicted molar refractivity (Wildman–Crippen MR) is 174 cm³/mol. The van der Waals surface area contributed by atoms with Crippen molar-refractivity contribution in [3.05, 3.63) is 35.9 Å². The Bertz CT molecular complexity index is 1360. The number of benzene rings is 1. The fourth-order valence-corrected chi connectivity index (χ4v) is 5.02. The van der Waals surface area contributed by atoms with Gasteiger partial charge in [-0.3, -0.25) is 43.3 Å². The van der Waals surface area contributed by atoms with E-state index >= 15 is 0 Å². The summed E-state index contributed by atoms with van der Waals surface area (Å²) < 4.78 is 5.51. The third-order valence-electron chi connectivity index (χ3n) is 7.90. The first kappa shape index (κ1) is 38.5. The van der Waals surface area contributed by atoms with Crippen molar-refractivity contribution >= 4 is 47.3 Å². The number of carbonyl (C=O) groups is 8. The van der Waals surface area contributed by atoms with E-state index in [0.717, 1.165) is 23.3 Å². The number of likely N-dealkylation sites (N-methyl/N-ethyl adjacent to an activating group) is 1. The maximum absolute atomic E-state index is 13.0. The van der Waals surface area contributed by atoms with Crippen molar-refractivity contribution in [3.63, 3.8) is 0 Å². The topological polar surface area (TPSA) is 247 Å². The molecule has 8 amide bonds. The summed E-state index contributed by atoms with van der Waals surface area (Å²) in [6.45, 7) is -1.19. The van der Waals surface area contributed by atoms with E-state index in [9.17, 15) is 38.4 Å². The van der Waals surface area contributed by atoms with Crippen LogP contribution in [0.25, 0.3) is 0 Å². The predicted octanol–water partition coefficient (Wildman–Crippen LogP) is -2.68. The van der Waals surface area contributed by atoms with E-state index in [-0.39, 0.29) is 68.6 Å². The maximum Gasteiger partial charge on any atom is 0.249 e. The summed E-state index contributed by atoms with van der Waals surface area (Å²) in [6, 6.07) is 7.04. The van der Waals surface area contributed by atoms with Crippen molar-refractivity contribution in [2.75, 3.05) is 40.0 Å². The smallest absolute Gasteiger partial charge is 0.249 e. The lowest BCUT2D eigenvalue weighted by Crippen LogP contribution is -2.52. The van der Waals surface area contributed by atoms with Crippen LogP contribution in [0.15, 0.2) is 30.3 Å². The number of nitrogens with zero attached hydrogens (tertiary/aromatic N) is 1. The van der Waals surface area contributed by atoms with E-state index in [1.807, 2.05) is 0 Å². The minimum Gasteiger partial charge on any atom is -0.357 e. The lowest BCUT2D eigenvalue weighted by Gasteiger charge is -2.19. The number of ether oxygens (including phenoxy) is 1. The first-order valence-corrected chi connectivity index (χ1v) is 16.3. The zero-order valence-corrected chi connectivity index (χ0v) is 27.6. The Morgan fingerprint density at radius 1 is 0.837 bits per heavy atom. The second kappa shape index (κ2) is 19.8. The van der Waals surface area contributed by atoms with Gasteiger partial charge in [-0.05, 0) is 37.2 Å². The van der Waals surface area contributed by atoms with E-state index in [1.165, 1.54) is 7.05 Å². The fourth-order valence-electron chi connectivity index (χ4n) is 5.02. The summed E-state index contributed by atoms with van der Waals surface area (Å²) in [5.41, 5.74) is 6.33.